The zero-order chi connectivity index (χ0) is 15.1. The van der Waals surface area contributed by atoms with Crippen molar-refractivity contribution in [2.75, 3.05) is 45.4 Å². The van der Waals surface area contributed by atoms with Crippen LogP contribution in [0.2, 0.25) is 0 Å². The molecule has 21 heavy (non-hydrogen) atoms. The van der Waals surface area contributed by atoms with Gasteiger partial charge in [-0.15, -0.1) is 0 Å². The number of ether oxygens (including phenoxy) is 3. The Kier molecular flexibility index (Phi) is 6.02. The first kappa shape index (κ1) is 16.3. The minimum Gasteiger partial charge on any atom is -0.382 e. The molecule has 2 heterocycles. The Hall–Kier alpha value is -1.11. The molecule has 0 aromatic carbocycles. The number of aromatic nitrogens is 2. The molecule has 0 spiro atoms. The van der Waals surface area contributed by atoms with Crippen LogP contribution in [0.1, 0.15) is 25.5 Å². The van der Waals surface area contributed by atoms with E-state index < -0.39 is 0 Å². The second kappa shape index (κ2) is 7.77. The molecule has 1 N–H and O–H groups in total. The summed E-state index contributed by atoms with van der Waals surface area (Å²) in [6, 6.07) is 0. The quantitative estimate of drug-likeness (QED) is 0.705. The molecule has 1 atom stereocenters. The zero-order valence-electron chi connectivity index (χ0n) is 13.4. The van der Waals surface area contributed by atoms with Gasteiger partial charge in [-0.3, -0.25) is 0 Å². The summed E-state index contributed by atoms with van der Waals surface area (Å²) < 4.78 is 18.7. The van der Waals surface area contributed by atoms with Gasteiger partial charge in [-0.1, -0.05) is 0 Å². The predicted octanol–water partition coefficient (Wildman–Crippen LogP) is 1.84. The first-order valence-electron chi connectivity index (χ1n) is 7.67. The van der Waals surface area contributed by atoms with Crippen LogP contribution in [0.4, 0.5) is 5.95 Å². The molecule has 1 fully saturated rings. The van der Waals surface area contributed by atoms with Crippen molar-refractivity contribution in [1.82, 2.24) is 9.55 Å². The van der Waals surface area contributed by atoms with Crippen LogP contribution in [0.25, 0.3) is 0 Å². The minimum absolute atomic E-state index is 0.227. The Bertz CT molecular complexity index is 428. The molecule has 0 bridgehead atoms. The number of hydrogen-bond donors (Lipinski definition) is 1. The Morgan fingerprint density at radius 3 is 3.05 bits per heavy atom. The lowest BCUT2D eigenvalue weighted by molar-refractivity contribution is -0.0291. The van der Waals surface area contributed by atoms with Gasteiger partial charge in [0.2, 0.25) is 5.95 Å². The number of rotatable bonds is 9. The summed E-state index contributed by atoms with van der Waals surface area (Å²) in [5, 5.41) is 3.38. The SMILES string of the molecule is CCOCCCNc1nc(C)cn1CC1(OC)CCOC1. The van der Waals surface area contributed by atoms with Gasteiger partial charge in [0.05, 0.1) is 18.8 Å². The lowest BCUT2D eigenvalue weighted by atomic mass is 10.0. The Balaban J connectivity index is 1.93. The second-order valence-electron chi connectivity index (χ2n) is 5.50. The smallest absolute Gasteiger partial charge is 0.203 e. The molecule has 6 heteroatoms. The maximum atomic E-state index is 5.70. The Morgan fingerprint density at radius 2 is 2.38 bits per heavy atom. The third-order valence-corrected chi connectivity index (χ3v) is 3.81. The molecule has 6 nitrogen and oxygen atoms in total. The topological polar surface area (TPSA) is 57.5 Å². The maximum Gasteiger partial charge on any atom is 0.203 e. The van der Waals surface area contributed by atoms with E-state index in [1.807, 2.05) is 13.8 Å². The maximum absolute atomic E-state index is 5.70. The average molecular weight is 297 g/mol. The summed E-state index contributed by atoms with van der Waals surface area (Å²) in [5.74, 6) is 0.896. The fourth-order valence-corrected chi connectivity index (χ4v) is 2.58. The first-order chi connectivity index (χ1) is 10.2. The minimum atomic E-state index is -0.227. The van der Waals surface area contributed by atoms with Crippen molar-refractivity contribution in [3.8, 4) is 0 Å². The molecule has 0 radical (unpaired) electrons. The van der Waals surface area contributed by atoms with Gasteiger partial charge in [-0.2, -0.15) is 0 Å². The van der Waals surface area contributed by atoms with Gasteiger partial charge in [0, 0.05) is 46.1 Å². The third-order valence-electron chi connectivity index (χ3n) is 3.81. The standard InChI is InChI=1S/C15H27N3O3/c1-4-20-8-5-7-16-14-17-13(2)10-18(14)11-15(19-3)6-9-21-12-15/h10H,4-9,11-12H2,1-3H3,(H,16,17). The van der Waals surface area contributed by atoms with Crippen LogP contribution in [0.15, 0.2) is 6.20 Å². The number of nitrogens with zero attached hydrogens (tertiary/aromatic N) is 2. The van der Waals surface area contributed by atoms with E-state index in [4.69, 9.17) is 14.2 Å². The number of anilines is 1. The average Bonchev–Trinajstić information content (AvgIpc) is 3.07. The summed E-state index contributed by atoms with van der Waals surface area (Å²) in [7, 11) is 1.76. The molecule has 1 unspecified atom stereocenters. The largest absolute Gasteiger partial charge is 0.382 e. The first-order valence-corrected chi connectivity index (χ1v) is 7.67. The lowest BCUT2D eigenvalue weighted by Gasteiger charge is -2.26. The van der Waals surface area contributed by atoms with Crippen molar-refractivity contribution in [2.24, 2.45) is 0 Å². The van der Waals surface area contributed by atoms with Crippen molar-refractivity contribution >= 4 is 5.95 Å². The fraction of sp³-hybridized carbons (Fsp3) is 0.800. The van der Waals surface area contributed by atoms with Gasteiger partial charge in [-0.05, 0) is 20.3 Å². The fourth-order valence-electron chi connectivity index (χ4n) is 2.58. The number of hydrogen-bond acceptors (Lipinski definition) is 5. The van der Waals surface area contributed by atoms with Crippen LogP contribution in [0, 0.1) is 6.92 Å². The molecule has 1 aromatic heterocycles. The van der Waals surface area contributed by atoms with Crippen LogP contribution >= 0.6 is 0 Å². The van der Waals surface area contributed by atoms with Crippen molar-refractivity contribution in [1.29, 1.82) is 0 Å². The van der Waals surface area contributed by atoms with Crippen LogP contribution in [-0.2, 0) is 20.8 Å². The monoisotopic (exact) mass is 297 g/mol. The number of nitrogens with one attached hydrogen (secondary N) is 1. The summed E-state index contributed by atoms with van der Waals surface area (Å²) in [5.41, 5.74) is 0.780. The molecular formula is C15H27N3O3. The van der Waals surface area contributed by atoms with Crippen LogP contribution in [-0.4, -0.2) is 55.2 Å². The van der Waals surface area contributed by atoms with Gasteiger partial charge < -0.3 is 24.1 Å². The zero-order valence-corrected chi connectivity index (χ0v) is 13.4. The van der Waals surface area contributed by atoms with E-state index in [0.717, 1.165) is 57.4 Å². The number of aryl methyl sites for hydroxylation is 1. The molecule has 1 saturated heterocycles. The second-order valence-corrected chi connectivity index (χ2v) is 5.50. The van der Waals surface area contributed by atoms with Gasteiger partial charge in [-0.25, -0.2) is 4.98 Å². The van der Waals surface area contributed by atoms with Crippen molar-refractivity contribution < 1.29 is 14.2 Å². The highest BCUT2D eigenvalue weighted by Crippen LogP contribution is 2.26. The van der Waals surface area contributed by atoms with E-state index in [1.165, 1.54) is 0 Å². The molecule has 1 aliphatic rings. The van der Waals surface area contributed by atoms with E-state index in [2.05, 4.69) is 21.1 Å². The number of methoxy groups -OCH3 is 1. The van der Waals surface area contributed by atoms with E-state index >= 15 is 0 Å². The lowest BCUT2D eigenvalue weighted by Crippen LogP contribution is -2.37. The van der Waals surface area contributed by atoms with Gasteiger partial charge in [0.1, 0.15) is 5.60 Å². The summed E-state index contributed by atoms with van der Waals surface area (Å²) >= 11 is 0. The normalized spacial score (nSPS) is 21.9. The molecule has 1 aromatic rings. The van der Waals surface area contributed by atoms with Crippen LogP contribution in [0.5, 0.6) is 0 Å². The van der Waals surface area contributed by atoms with E-state index in [1.54, 1.807) is 7.11 Å². The third kappa shape index (κ3) is 4.43. The van der Waals surface area contributed by atoms with Gasteiger partial charge in [0.25, 0.3) is 0 Å². The van der Waals surface area contributed by atoms with E-state index in [9.17, 15) is 0 Å². The highest BCUT2D eigenvalue weighted by molar-refractivity contribution is 5.29. The highest BCUT2D eigenvalue weighted by Gasteiger charge is 2.36. The Morgan fingerprint density at radius 1 is 1.52 bits per heavy atom. The van der Waals surface area contributed by atoms with Crippen LogP contribution in [0.3, 0.4) is 0 Å². The van der Waals surface area contributed by atoms with Gasteiger partial charge in [0.15, 0.2) is 0 Å². The molecular weight excluding hydrogens is 270 g/mol. The van der Waals surface area contributed by atoms with E-state index in [0.29, 0.717) is 6.61 Å². The van der Waals surface area contributed by atoms with Crippen molar-refractivity contribution in [3.63, 3.8) is 0 Å². The Labute approximate surface area is 126 Å². The van der Waals surface area contributed by atoms with Crippen molar-refractivity contribution in [3.05, 3.63) is 11.9 Å². The summed E-state index contributed by atoms with van der Waals surface area (Å²) in [6.07, 6.45) is 3.95. The highest BCUT2D eigenvalue weighted by atomic mass is 16.5. The van der Waals surface area contributed by atoms with E-state index in [-0.39, 0.29) is 5.60 Å². The van der Waals surface area contributed by atoms with Gasteiger partial charge >= 0.3 is 0 Å². The van der Waals surface area contributed by atoms with Crippen molar-refractivity contribution in [2.45, 2.75) is 38.8 Å². The number of imidazole rings is 1. The molecule has 120 valence electrons. The predicted molar refractivity (Wildman–Crippen MR) is 81.7 cm³/mol. The molecule has 0 amide bonds. The summed E-state index contributed by atoms with van der Waals surface area (Å²) in [4.78, 5) is 4.55. The van der Waals surface area contributed by atoms with Crippen LogP contribution < -0.4 is 5.32 Å². The summed E-state index contributed by atoms with van der Waals surface area (Å²) in [6.45, 7) is 8.58. The molecule has 0 saturated carbocycles. The molecule has 0 aliphatic carbocycles. The molecule has 2 rings (SSSR count). The molecule has 1 aliphatic heterocycles.